The number of para-hydroxylation sites is 1. The molecule has 6 nitrogen and oxygen atoms in total. The first-order valence-corrected chi connectivity index (χ1v) is 7.03. The van der Waals surface area contributed by atoms with Crippen LogP contribution in [0.4, 0.5) is 0 Å². The van der Waals surface area contributed by atoms with Crippen LogP contribution in [0, 0.1) is 6.92 Å². The SMILES string of the molecule is CC.Cc1ccc(-c2nnc(-c3ccccc3O)nn2)nc1. The van der Waals surface area contributed by atoms with Crippen LogP contribution in [0.15, 0.2) is 42.6 Å². The maximum atomic E-state index is 9.73. The van der Waals surface area contributed by atoms with Gasteiger partial charge >= 0.3 is 0 Å². The molecule has 2 heterocycles. The van der Waals surface area contributed by atoms with Crippen LogP contribution in [0.2, 0.25) is 0 Å². The molecule has 0 saturated carbocycles. The summed E-state index contributed by atoms with van der Waals surface area (Å²) in [6.07, 6.45) is 1.73. The summed E-state index contributed by atoms with van der Waals surface area (Å²) in [6.45, 7) is 5.95. The molecular weight excluding hydrogens is 278 g/mol. The predicted molar refractivity (Wildman–Crippen MR) is 84.0 cm³/mol. The molecule has 0 fully saturated rings. The molecule has 0 aliphatic rings. The summed E-state index contributed by atoms with van der Waals surface area (Å²) in [4.78, 5) is 4.21. The maximum absolute atomic E-state index is 9.73. The van der Waals surface area contributed by atoms with E-state index in [0.717, 1.165) is 5.56 Å². The second-order valence-electron chi connectivity index (χ2n) is 4.29. The average Bonchev–Trinajstić information content (AvgIpc) is 2.58. The molecular formula is C16H17N5O. The third-order valence-corrected chi connectivity index (χ3v) is 2.76. The zero-order chi connectivity index (χ0) is 15.9. The third kappa shape index (κ3) is 3.41. The lowest BCUT2D eigenvalue weighted by atomic mass is 10.2. The molecule has 1 N–H and O–H groups in total. The van der Waals surface area contributed by atoms with Crippen molar-refractivity contribution in [3.63, 3.8) is 0 Å². The van der Waals surface area contributed by atoms with Gasteiger partial charge in [-0.05, 0) is 30.7 Å². The Kier molecular flexibility index (Phi) is 5.08. The second kappa shape index (κ2) is 7.21. The van der Waals surface area contributed by atoms with Crippen LogP contribution < -0.4 is 0 Å². The van der Waals surface area contributed by atoms with Gasteiger partial charge in [0.15, 0.2) is 0 Å². The standard InChI is InChI=1S/C14H11N5O.C2H6/c1-9-6-7-11(15-8-9)14-18-16-13(17-19-14)10-4-2-3-5-12(10)20;1-2/h2-8,20H,1H3;1-2H3. The van der Waals surface area contributed by atoms with Crippen LogP contribution in [0.5, 0.6) is 5.75 Å². The average molecular weight is 295 g/mol. The number of phenolic OH excluding ortho intramolecular Hbond substituents is 1. The zero-order valence-electron chi connectivity index (χ0n) is 12.7. The number of aromatic nitrogens is 5. The normalized spacial score (nSPS) is 9.77. The van der Waals surface area contributed by atoms with Gasteiger partial charge < -0.3 is 5.11 Å². The molecule has 2 aromatic heterocycles. The van der Waals surface area contributed by atoms with Crippen LogP contribution >= 0.6 is 0 Å². The molecule has 3 rings (SSSR count). The Morgan fingerprint density at radius 1 is 0.818 bits per heavy atom. The van der Waals surface area contributed by atoms with Gasteiger partial charge in [-0.2, -0.15) is 0 Å². The lowest BCUT2D eigenvalue weighted by molar-refractivity contribution is 0.476. The van der Waals surface area contributed by atoms with Crippen LogP contribution in [0.25, 0.3) is 22.9 Å². The summed E-state index contributed by atoms with van der Waals surface area (Å²) in [5, 5.41) is 25.7. The number of phenols is 1. The molecule has 0 unspecified atom stereocenters. The van der Waals surface area contributed by atoms with E-state index < -0.39 is 0 Å². The molecule has 0 bridgehead atoms. The molecule has 0 atom stereocenters. The van der Waals surface area contributed by atoms with E-state index in [4.69, 9.17) is 0 Å². The maximum Gasteiger partial charge on any atom is 0.221 e. The van der Waals surface area contributed by atoms with E-state index in [2.05, 4.69) is 25.4 Å². The number of aryl methyl sites for hydroxylation is 1. The highest BCUT2D eigenvalue weighted by molar-refractivity contribution is 5.62. The van der Waals surface area contributed by atoms with E-state index in [-0.39, 0.29) is 11.6 Å². The molecule has 1 aromatic carbocycles. The molecule has 0 aliphatic carbocycles. The lowest BCUT2D eigenvalue weighted by Gasteiger charge is -2.02. The van der Waals surface area contributed by atoms with Crippen molar-refractivity contribution in [2.45, 2.75) is 20.8 Å². The van der Waals surface area contributed by atoms with E-state index in [9.17, 15) is 5.11 Å². The summed E-state index contributed by atoms with van der Waals surface area (Å²) in [7, 11) is 0. The molecule has 0 aliphatic heterocycles. The summed E-state index contributed by atoms with van der Waals surface area (Å²) < 4.78 is 0. The number of aromatic hydroxyl groups is 1. The van der Waals surface area contributed by atoms with Gasteiger partial charge in [0.05, 0.1) is 5.56 Å². The van der Waals surface area contributed by atoms with Gasteiger partial charge in [-0.25, -0.2) is 0 Å². The fourth-order valence-corrected chi connectivity index (χ4v) is 1.70. The highest BCUT2D eigenvalue weighted by Gasteiger charge is 2.10. The molecule has 0 spiro atoms. The number of nitrogens with zero attached hydrogens (tertiary/aromatic N) is 5. The Bertz CT molecular complexity index is 726. The van der Waals surface area contributed by atoms with Crippen LogP contribution in [0.3, 0.4) is 0 Å². The van der Waals surface area contributed by atoms with Crippen LogP contribution in [-0.4, -0.2) is 30.5 Å². The summed E-state index contributed by atoms with van der Waals surface area (Å²) in [5.74, 6) is 0.723. The van der Waals surface area contributed by atoms with Crippen molar-refractivity contribution in [3.8, 4) is 28.7 Å². The number of benzene rings is 1. The minimum absolute atomic E-state index is 0.0947. The summed E-state index contributed by atoms with van der Waals surface area (Å²) in [6, 6.07) is 10.5. The summed E-state index contributed by atoms with van der Waals surface area (Å²) in [5.41, 5.74) is 2.16. The van der Waals surface area contributed by atoms with Crippen molar-refractivity contribution in [2.75, 3.05) is 0 Å². The van der Waals surface area contributed by atoms with Crippen molar-refractivity contribution < 1.29 is 5.11 Å². The first-order valence-electron chi connectivity index (χ1n) is 7.03. The molecule has 0 radical (unpaired) electrons. The minimum atomic E-state index is 0.0947. The van der Waals surface area contributed by atoms with Gasteiger partial charge in [-0.3, -0.25) is 4.98 Å². The molecule has 0 amide bonds. The Morgan fingerprint density at radius 2 is 1.45 bits per heavy atom. The fraction of sp³-hybridized carbons (Fsp3) is 0.188. The molecule has 6 heteroatoms. The van der Waals surface area contributed by atoms with Crippen LogP contribution in [-0.2, 0) is 0 Å². The highest BCUT2D eigenvalue weighted by atomic mass is 16.3. The van der Waals surface area contributed by atoms with Gasteiger partial charge in [0.1, 0.15) is 11.4 Å². The Hall–Kier alpha value is -2.89. The summed E-state index contributed by atoms with van der Waals surface area (Å²) >= 11 is 0. The molecule has 22 heavy (non-hydrogen) atoms. The zero-order valence-corrected chi connectivity index (χ0v) is 12.7. The number of hydrogen-bond acceptors (Lipinski definition) is 6. The Balaban J connectivity index is 0.000000847. The number of rotatable bonds is 2. The largest absolute Gasteiger partial charge is 0.507 e. The molecule has 0 saturated heterocycles. The van der Waals surface area contributed by atoms with E-state index in [1.54, 1.807) is 30.5 Å². The van der Waals surface area contributed by atoms with Crippen LogP contribution in [0.1, 0.15) is 19.4 Å². The van der Waals surface area contributed by atoms with Gasteiger partial charge in [0.25, 0.3) is 0 Å². The van der Waals surface area contributed by atoms with E-state index in [1.165, 1.54) is 0 Å². The molecule has 3 aromatic rings. The molecule has 112 valence electrons. The fourth-order valence-electron chi connectivity index (χ4n) is 1.70. The smallest absolute Gasteiger partial charge is 0.221 e. The Morgan fingerprint density at radius 3 is 2.05 bits per heavy atom. The lowest BCUT2D eigenvalue weighted by Crippen LogP contribution is -2.00. The van der Waals surface area contributed by atoms with Gasteiger partial charge in [-0.15, -0.1) is 20.4 Å². The van der Waals surface area contributed by atoms with E-state index in [1.807, 2.05) is 32.9 Å². The quantitative estimate of drug-likeness (QED) is 0.782. The number of pyridine rings is 1. The van der Waals surface area contributed by atoms with E-state index in [0.29, 0.717) is 17.1 Å². The van der Waals surface area contributed by atoms with E-state index >= 15 is 0 Å². The Labute approximate surface area is 128 Å². The monoisotopic (exact) mass is 295 g/mol. The first kappa shape index (κ1) is 15.5. The van der Waals surface area contributed by atoms with Gasteiger partial charge in [0, 0.05) is 6.20 Å². The first-order chi connectivity index (χ1) is 10.7. The topological polar surface area (TPSA) is 84.7 Å². The number of hydrogen-bond donors (Lipinski definition) is 1. The van der Waals surface area contributed by atoms with Gasteiger partial charge in [0.2, 0.25) is 11.6 Å². The predicted octanol–water partition coefficient (Wildman–Crippen LogP) is 3.04. The van der Waals surface area contributed by atoms with Crippen molar-refractivity contribution in [1.82, 2.24) is 25.4 Å². The minimum Gasteiger partial charge on any atom is -0.507 e. The third-order valence-electron chi connectivity index (χ3n) is 2.76. The second-order valence-corrected chi connectivity index (χ2v) is 4.29. The van der Waals surface area contributed by atoms with Crippen molar-refractivity contribution >= 4 is 0 Å². The van der Waals surface area contributed by atoms with Gasteiger partial charge in [-0.1, -0.05) is 32.0 Å². The van der Waals surface area contributed by atoms with Crippen molar-refractivity contribution in [2.24, 2.45) is 0 Å². The van der Waals surface area contributed by atoms with Crippen molar-refractivity contribution in [3.05, 3.63) is 48.2 Å². The highest BCUT2D eigenvalue weighted by Crippen LogP contribution is 2.24. The van der Waals surface area contributed by atoms with Crippen molar-refractivity contribution in [1.29, 1.82) is 0 Å².